The Labute approximate surface area is 169 Å². The maximum Gasteiger partial charge on any atom is 0.416 e. The van der Waals surface area contributed by atoms with Gasteiger partial charge in [0, 0.05) is 39.3 Å². The Hall–Kier alpha value is -2.29. The number of aliphatic imine (C=N–C) groups is 1. The van der Waals surface area contributed by atoms with Crippen LogP contribution in [0.5, 0.6) is 0 Å². The highest BCUT2D eigenvalue weighted by Gasteiger charge is 2.30. The molecular formula is C20H29F3N4O2. The van der Waals surface area contributed by atoms with Gasteiger partial charge in [0.25, 0.3) is 0 Å². The van der Waals surface area contributed by atoms with Crippen molar-refractivity contribution in [1.82, 2.24) is 15.5 Å². The number of ether oxygens (including phenoxy) is 1. The first-order chi connectivity index (χ1) is 13.7. The number of esters is 1. The van der Waals surface area contributed by atoms with Crippen LogP contribution in [0.2, 0.25) is 0 Å². The Morgan fingerprint density at radius 2 is 2.00 bits per heavy atom. The summed E-state index contributed by atoms with van der Waals surface area (Å²) < 4.78 is 43.1. The van der Waals surface area contributed by atoms with E-state index in [4.69, 9.17) is 4.74 Å². The van der Waals surface area contributed by atoms with E-state index in [1.165, 1.54) is 12.1 Å². The van der Waals surface area contributed by atoms with Crippen molar-refractivity contribution in [2.45, 2.75) is 51.6 Å². The van der Waals surface area contributed by atoms with Crippen LogP contribution in [0.25, 0.3) is 0 Å². The first kappa shape index (κ1) is 23.0. The Morgan fingerprint density at radius 1 is 1.31 bits per heavy atom. The van der Waals surface area contributed by atoms with Gasteiger partial charge in [0.15, 0.2) is 5.96 Å². The van der Waals surface area contributed by atoms with E-state index in [2.05, 4.69) is 20.5 Å². The summed E-state index contributed by atoms with van der Waals surface area (Å²) in [7, 11) is 1.66. The smallest absolute Gasteiger partial charge is 0.416 e. The largest absolute Gasteiger partial charge is 0.463 e. The maximum atomic E-state index is 12.7. The Bertz CT molecular complexity index is 690. The minimum Gasteiger partial charge on any atom is -0.463 e. The molecule has 0 saturated carbocycles. The topological polar surface area (TPSA) is 66.0 Å². The highest BCUT2D eigenvalue weighted by molar-refractivity contribution is 5.80. The SMILES string of the molecule is CN=C(NCCC(=O)OC(C)C)NC1CCN(Cc2ccc(C(F)(F)F)cc2)C1. The molecule has 0 amide bonds. The number of carbonyl (C=O) groups is 1. The molecule has 0 radical (unpaired) electrons. The van der Waals surface area contributed by atoms with E-state index < -0.39 is 11.7 Å². The first-order valence-electron chi connectivity index (χ1n) is 9.72. The predicted molar refractivity (Wildman–Crippen MR) is 105 cm³/mol. The van der Waals surface area contributed by atoms with Gasteiger partial charge in [-0.15, -0.1) is 0 Å². The first-order valence-corrected chi connectivity index (χ1v) is 9.72. The number of likely N-dealkylation sites (tertiary alicyclic amines) is 1. The third kappa shape index (κ3) is 7.92. The van der Waals surface area contributed by atoms with Gasteiger partial charge in [0.2, 0.25) is 0 Å². The van der Waals surface area contributed by atoms with Gasteiger partial charge >= 0.3 is 12.1 Å². The molecule has 1 aromatic carbocycles. The molecular weight excluding hydrogens is 385 g/mol. The van der Waals surface area contributed by atoms with Gasteiger partial charge in [-0.2, -0.15) is 13.2 Å². The van der Waals surface area contributed by atoms with Gasteiger partial charge in [-0.3, -0.25) is 14.7 Å². The molecule has 1 atom stereocenters. The number of hydrogen-bond acceptors (Lipinski definition) is 4. The number of benzene rings is 1. The van der Waals surface area contributed by atoms with Crippen LogP contribution in [-0.4, -0.2) is 55.7 Å². The number of alkyl halides is 3. The molecule has 9 heteroatoms. The zero-order valence-corrected chi connectivity index (χ0v) is 17.1. The number of guanidine groups is 1. The van der Waals surface area contributed by atoms with Crippen molar-refractivity contribution in [2.24, 2.45) is 4.99 Å². The molecule has 1 heterocycles. The molecule has 1 fully saturated rings. The van der Waals surface area contributed by atoms with E-state index in [-0.39, 0.29) is 24.5 Å². The summed E-state index contributed by atoms with van der Waals surface area (Å²) in [5, 5.41) is 6.42. The molecule has 1 aliphatic heterocycles. The molecule has 0 spiro atoms. The molecule has 2 N–H and O–H groups in total. The third-order valence-corrected chi connectivity index (χ3v) is 4.51. The van der Waals surface area contributed by atoms with Crippen LogP contribution < -0.4 is 10.6 Å². The van der Waals surface area contributed by atoms with Crippen LogP contribution in [0.3, 0.4) is 0 Å². The van der Waals surface area contributed by atoms with E-state index in [9.17, 15) is 18.0 Å². The third-order valence-electron chi connectivity index (χ3n) is 4.51. The lowest BCUT2D eigenvalue weighted by atomic mass is 10.1. The second-order valence-electron chi connectivity index (χ2n) is 7.35. The van der Waals surface area contributed by atoms with Crippen molar-refractivity contribution in [2.75, 3.05) is 26.7 Å². The van der Waals surface area contributed by atoms with Crippen LogP contribution in [0.4, 0.5) is 13.2 Å². The zero-order valence-electron chi connectivity index (χ0n) is 17.1. The van der Waals surface area contributed by atoms with Crippen molar-refractivity contribution in [3.8, 4) is 0 Å². The lowest BCUT2D eigenvalue weighted by molar-refractivity contribution is -0.147. The summed E-state index contributed by atoms with van der Waals surface area (Å²) in [6, 6.07) is 5.48. The van der Waals surface area contributed by atoms with Gasteiger partial charge in [0.1, 0.15) is 0 Å². The monoisotopic (exact) mass is 414 g/mol. The summed E-state index contributed by atoms with van der Waals surface area (Å²) in [6.07, 6.45) is -3.29. The number of hydrogen-bond donors (Lipinski definition) is 2. The lowest BCUT2D eigenvalue weighted by Gasteiger charge is -2.19. The quantitative estimate of drug-likeness (QED) is 0.408. The van der Waals surface area contributed by atoms with Gasteiger partial charge in [-0.05, 0) is 38.0 Å². The summed E-state index contributed by atoms with van der Waals surface area (Å²) in [6.45, 7) is 6.24. The molecule has 2 rings (SSSR count). The van der Waals surface area contributed by atoms with Crippen molar-refractivity contribution in [3.63, 3.8) is 0 Å². The molecule has 0 bridgehead atoms. The van der Waals surface area contributed by atoms with Gasteiger partial charge in [-0.1, -0.05) is 12.1 Å². The van der Waals surface area contributed by atoms with E-state index in [0.29, 0.717) is 19.0 Å². The molecule has 0 aliphatic carbocycles. The average Bonchev–Trinajstić information content (AvgIpc) is 3.06. The molecule has 1 saturated heterocycles. The molecule has 29 heavy (non-hydrogen) atoms. The van der Waals surface area contributed by atoms with Crippen molar-refractivity contribution >= 4 is 11.9 Å². The summed E-state index contributed by atoms with van der Waals surface area (Å²) in [4.78, 5) is 17.9. The fourth-order valence-electron chi connectivity index (χ4n) is 3.14. The predicted octanol–water partition coefficient (Wildman–Crippen LogP) is 2.79. The fourth-order valence-corrected chi connectivity index (χ4v) is 3.14. The van der Waals surface area contributed by atoms with Crippen LogP contribution in [-0.2, 0) is 22.3 Å². The maximum absolute atomic E-state index is 12.7. The number of halogens is 3. The van der Waals surface area contributed by atoms with Crippen LogP contribution in [0.15, 0.2) is 29.3 Å². The Kier molecular flexibility index (Phi) is 8.31. The van der Waals surface area contributed by atoms with E-state index >= 15 is 0 Å². The average molecular weight is 414 g/mol. The number of carbonyl (C=O) groups excluding carboxylic acids is 1. The highest BCUT2D eigenvalue weighted by Crippen LogP contribution is 2.29. The van der Waals surface area contributed by atoms with Gasteiger partial charge in [-0.25, -0.2) is 0 Å². The van der Waals surface area contributed by atoms with Crippen LogP contribution in [0.1, 0.15) is 37.8 Å². The van der Waals surface area contributed by atoms with E-state index in [1.807, 2.05) is 13.8 Å². The Balaban J connectivity index is 1.74. The molecule has 1 aliphatic rings. The van der Waals surface area contributed by atoms with E-state index in [0.717, 1.165) is 37.2 Å². The van der Waals surface area contributed by atoms with Gasteiger partial charge in [0.05, 0.1) is 18.1 Å². The molecule has 1 unspecified atom stereocenters. The van der Waals surface area contributed by atoms with Gasteiger partial charge < -0.3 is 15.4 Å². The second-order valence-corrected chi connectivity index (χ2v) is 7.35. The molecule has 162 valence electrons. The Morgan fingerprint density at radius 3 is 2.59 bits per heavy atom. The summed E-state index contributed by atoms with van der Waals surface area (Å²) in [5.74, 6) is 0.357. The summed E-state index contributed by atoms with van der Waals surface area (Å²) >= 11 is 0. The molecule has 1 aromatic rings. The van der Waals surface area contributed by atoms with Crippen LogP contribution >= 0.6 is 0 Å². The molecule has 6 nitrogen and oxygen atoms in total. The highest BCUT2D eigenvalue weighted by atomic mass is 19.4. The minimum absolute atomic E-state index is 0.130. The zero-order chi connectivity index (χ0) is 21.4. The minimum atomic E-state index is -4.31. The fraction of sp³-hybridized carbons (Fsp3) is 0.600. The van der Waals surface area contributed by atoms with Crippen molar-refractivity contribution < 1.29 is 22.7 Å². The van der Waals surface area contributed by atoms with Crippen molar-refractivity contribution in [3.05, 3.63) is 35.4 Å². The van der Waals surface area contributed by atoms with Crippen molar-refractivity contribution in [1.29, 1.82) is 0 Å². The molecule has 0 aromatic heterocycles. The number of rotatable bonds is 7. The summed E-state index contributed by atoms with van der Waals surface area (Å²) in [5.41, 5.74) is 0.221. The standard InChI is InChI=1S/C20H29F3N4O2/c1-14(2)29-18(28)8-10-25-19(24-3)26-17-9-11-27(13-17)12-15-4-6-16(7-5-15)20(21,22)23/h4-7,14,17H,8-13H2,1-3H3,(H2,24,25,26). The number of nitrogens with zero attached hydrogens (tertiary/aromatic N) is 2. The van der Waals surface area contributed by atoms with E-state index in [1.54, 1.807) is 7.05 Å². The second kappa shape index (κ2) is 10.5. The lowest BCUT2D eigenvalue weighted by Crippen LogP contribution is -2.45. The normalized spacial score (nSPS) is 18.2. The van der Waals surface area contributed by atoms with Crippen LogP contribution in [0, 0.1) is 0 Å². The number of nitrogens with one attached hydrogen (secondary N) is 2.